The summed E-state index contributed by atoms with van der Waals surface area (Å²) in [5.74, 6) is 1.93. The van der Waals surface area contributed by atoms with Crippen LogP contribution in [0.1, 0.15) is 19.3 Å². The Labute approximate surface area is 118 Å². The lowest BCUT2D eigenvalue weighted by molar-refractivity contribution is 0.121. The van der Waals surface area contributed by atoms with Crippen molar-refractivity contribution in [2.45, 2.75) is 25.4 Å². The van der Waals surface area contributed by atoms with Crippen molar-refractivity contribution in [2.75, 3.05) is 13.1 Å². The lowest BCUT2D eigenvalue weighted by atomic mass is 9.97. The van der Waals surface area contributed by atoms with Crippen molar-refractivity contribution < 1.29 is 4.74 Å². The number of rotatable bonds is 4. The molecule has 1 aliphatic heterocycles. The maximum atomic E-state index is 6.18. The molecule has 3 rings (SSSR count). The van der Waals surface area contributed by atoms with Crippen LogP contribution < -0.4 is 10.1 Å². The van der Waals surface area contributed by atoms with Crippen LogP contribution in [0.4, 0.5) is 0 Å². The first kappa shape index (κ1) is 12.6. The second-order valence-electron chi connectivity index (χ2n) is 5.22. The average Bonchev–Trinajstić information content (AvgIpc) is 3.04. The van der Waals surface area contributed by atoms with Crippen LogP contribution in [0.5, 0.6) is 5.75 Å². The van der Waals surface area contributed by atoms with E-state index >= 15 is 0 Å². The highest BCUT2D eigenvalue weighted by Gasteiger charge is 2.39. The summed E-state index contributed by atoms with van der Waals surface area (Å²) < 4.78 is 6.18. The van der Waals surface area contributed by atoms with E-state index in [1.807, 2.05) is 18.2 Å². The molecule has 98 valence electrons. The number of para-hydroxylation sites is 1. The summed E-state index contributed by atoms with van der Waals surface area (Å²) in [6, 6.07) is 5.51. The molecular formula is C14H17Cl2NO. The maximum absolute atomic E-state index is 6.18. The highest BCUT2D eigenvalue weighted by molar-refractivity contribution is 6.37. The molecule has 1 heterocycles. The van der Waals surface area contributed by atoms with Crippen molar-refractivity contribution >= 4 is 23.2 Å². The monoisotopic (exact) mass is 285 g/mol. The molecule has 0 amide bonds. The Morgan fingerprint density at radius 3 is 2.39 bits per heavy atom. The Hall–Kier alpha value is -0.440. The topological polar surface area (TPSA) is 21.3 Å². The molecule has 1 aromatic rings. The number of hydrogen-bond acceptors (Lipinski definition) is 2. The van der Waals surface area contributed by atoms with Crippen molar-refractivity contribution in [3.8, 4) is 5.75 Å². The Balaban J connectivity index is 1.79. The first-order valence-corrected chi connectivity index (χ1v) is 7.32. The molecule has 2 fully saturated rings. The predicted octanol–water partition coefficient (Wildman–Crippen LogP) is 3.76. The van der Waals surface area contributed by atoms with Gasteiger partial charge in [-0.15, -0.1) is 0 Å². The van der Waals surface area contributed by atoms with Crippen molar-refractivity contribution in [3.05, 3.63) is 28.2 Å². The molecular weight excluding hydrogens is 269 g/mol. The van der Waals surface area contributed by atoms with Crippen LogP contribution in [0.3, 0.4) is 0 Å². The molecule has 1 N–H and O–H groups in total. The molecule has 2 nitrogen and oxygen atoms in total. The minimum atomic E-state index is 0.261. The van der Waals surface area contributed by atoms with Crippen LogP contribution in [0.25, 0.3) is 0 Å². The third-order valence-electron chi connectivity index (χ3n) is 3.82. The highest BCUT2D eigenvalue weighted by Crippen LogP contribution is 2.42. The standard InChI is InChI=1S/C14H17Cl2NO/c15-11-2-1-3-12(16)14(11)18-13(9-4-5-9)10-6-7-17-8-10/h1-3,9-10,13,17H,4-8H2/t10-,13-/m0/s1. The smallest absolute Gasteiger partial charge is 0.156 e. The second kappa shape index (κ2) is 5.28. The van der Waals surface area contributed by atoms with Gasteiger partial charge in [0.1, 0.15) is 6.10 Å². The van der Waals surface area contributed by atoms with E-state index in [0.717, 1.165) is 13.1 Å². The van der Waals surface area contributed by atoms with E-state index in [4.69, 9.17) is 27.9 Å². The highest BCUT2D eigenvalue weighted by atomic mass is 35.5. The predicted molar refractivity (Wildman–Crippen MR) is 74.6 cm³/mol. The molecule has 2 atom stereocenters. The van der Waals surface area contributed by atoms with Gasteiger partial charge in [0.2, 0.25) is 0 Å². The van der Waals surface area contributed by atoms with Gasteiger partial charge in [-0.2, -0.15) is 0 Å². The Kier molecular flexibility index (Phi) is 3.69. The molecule has 1 saturated carbocycles. The first-order valence-electron chi connectivity index (χ1n) is 6.57. The van der Waals surface area contributed by atoms with Gasteiger partial charge in [0, 0.05) is 12.5 Å². The normalized spacial score (nSPS) is 25.1. The quantitative estimate of drug-likeness (QED) is 0.910. The zero-order valence-electron chi connectivity index (χ0n) is 10.2. The summed E-state index contributed by atoms with van der Waals surface area (Å²) in [6.07, 6.45) is 3.98. The third-order valence-corrected chi connectivity index (χ3v) is 4.42. The van der Waals surface area contributed by atoms with Gasteiger partial charge in [-0.05, 0) is 43.9 Å². The molecule has 0 aromatic heterocycles. The fourth-order valence-electron chi connectivity index (χ4n) is 2.69. The van der Waals surface area contributed by atoms with E-state index < -0.39 is 0 Å². The van der Waals surface area contributed by atoms with Gasteiger partial charge < -0.3 is 10.1 Å². The van der Waals surface area contributed by atoms with Crippen LogP contribution in [-0.4, -0.2) is 19.2 Å². The SMILES string of the molecule is Clc1cccc(Cl)c1O[C@@H](C1CC1)[C@H]1CCNC1. The van der Waals surface area contributed by atoms with Crippen molar-refractivity contribution in [1.29, 1.82) is 0 Å². The van der Waals surface area contributed by atoms with Crippen molar-refractivity contribution in [2.24, 2.45) is 11.8 Å². The maximum Gasteiger partial charge on any atom is 0.156 e. The van der Waals surface area contributed by atoms with E-state index in [1.54, 1.807) is 0 Å². The van der Waals surface area contributed by atoms with E-state index in [2.05, 4.69) is 5.32 Å². The van der Waals surface area contributed by atoms with E-state index in [0.29, 0.717) is 27.6 Å². The minimum absolute atomic E-state index is 0.261. The molecule has 0 spiro atoms. The first-order chi connectivity index (χ1) is 8.75. The lowest BCUT2D eigenvalue weighted by Crippen LogP contribution is -2.31. The molecule has 0 unspecified atom stereocenters. The van der Waals surface area contributed by atoms with Crippen LogP contribution in [0, 0.1) is 11.8 Å². The second-order valence-corrected chi connectivity index (χ2v) is 6.04. The number of ether oxygens (including phenoxy) is 1. The van der Waals surface area contributed by atoms with Gasteiger partial charge in [-0.25, -0.2) is 0 Å². The van der Waals surface area contributed by atoms with Gasteiger partial charge in [0.15, 0.2) is 5.75 Å². The largest absolute Gasteiger partial charge is 0.487 e. The summed E-state index contributed by atoms with van der Waals surface area (Å²) in [6.45, 7) is 2.14. The molecule has 2 aliphatic rings. The molecule has 18 heavy (non-hydrogen) atoms. The van der Waals surface area contributed by atoms with Gasteiger partial charge in [-0.1, -0.05) is 29.3 Å². The lowest BCUT2D eigenvalue weighted by Gasteiger charge is -2.25. The molecule has 1 saturated heterocycles. The fraction of sp³-hybridized carbons (Fsp3) is 0.571. The Bertz CT molecular complexity index is 408. The summed E-state index contributed by atoms with van der Waals surface area (Å²) >= 11 is 12.4. The van der Waals surface area contributed by atoms with Crippen LogP contribution in [-0.2, 0) is 0 Å². The van der Waals surface area contributed by atoms with E-state index in [9.17, 15) is 0 Å². The number of halogens is 2. The average molecular weight is 286 g/mol. The number of nitrogens with one attached hydrogen (secondary N) is 1. The van der Waals surface area contributed by atoms with Gasteiger partial charge in [0.25, 0.3) is 0 Å². The molecule has 0 bridgehead atoms. The van der Waals surface area contributed by atoms with Crippen LogP contribution >= 0.6 is 23.2 Å². The van der Waals surface area contributed by atoms with Gasteiger partial charge >= 0.3 is 0 Å². The molecule has 1 aromatic carbocycles. The zero-order chi connectivity index (χ0) is 12.5. The van der Waals surface area contributed by atoms with Crippen LogP contribution in [0.15, 0.2) is 18.2 Å². The molecule has 0 radical (unpaired) electrons. The van der Waals surface area contributed by atoms with Crippen molar-refractivity contribution in [3.63, 3.8) is 0 Å². The fourth-order valence-corrected chi connectivity index (χ4v) is 3.18. The van der Waals surface area contributed by atoms with Gasteiger partial charge in [0.05, 0.1) is 10.0 Å². The van der Waals surface area contributed by atoms with Crippen molar-refractivity contribution in [1.82, 2.24) is 5.32 Å². The van der Waals surface area contributed by atoms with Gasteiger partial charge in [-0.3, -0.25) is 0 Å². The summed E-state index contributed by atoms with van der Waals surface area (Å²) in [5, 5.41) is 4.63. The van der Waals surface area contributed by atoms with Crippen LogP contribution in [0.2, 0.25) is 10.0 Å². The summed E-state index contributed by atoms with van der Waals surface area (Å²) in [4.78, 5) is 0. The van der Waals surface area contributed by atoms with E-state index in [-0.39, 0.29) is 6.10 Å². The molecule has 1 aliphatic carbocycles. The molecule has 4 heteroatoms. The summed E-state index contributed by atoms with van der Waals surface area (Å²) in [7, 11) is 0. The zero-order valence-corrected chi connectivity index (χ0v) is 11.7. The van der Waals surface area contributed by atoms with E-state index in [1.165, 1.54) is 19.3 Å². The third kappa shape index (κ3) is 2.61. The Morgan fingerprint density at radius 1 is 1.11 bits per heavy atom. The minimum Gasteiger partial charge on any atom is -0.487 e. The summed E-state index contributed by atoms with van der Waals surface area (Å²) in [5.41, 5.74) is 0. The Morgan fingerprint density at radius 2 is 1.83 bits per heavy atom. The number of hydrogen-bond donors (Lipinski definition) is 1. The number of benzene rings is 1.